The molecule has 3 aromatic rings. The Labute approximate surface area is 91.7 Å². The lowest BCUT2D eigenvalue weighted by Gasteiger charge is -2.01. The number of aryl methyl sites for hydroxylation is 2. The highest BCUT2D eigenvalue weighted by molar-refractivity contribution is 5.85. The molecule has 0 saturated carbocycles. The molecule has 3 rings (SSSR count). The second-order valence-corrected chi connectivity index (χ2v) is 3.69. The highest BCUT2D eigenvalue weighted by Crippen LogP contribution is 2.25. The van der Waals surface area contributed by atoms with E-state index in [1.54, 1.807) is 4.68 Å². The van der Waals surface area contributed by atoms with Crippen molar-refractivity contribution in [3.8, 4) is 5.69 Å². The fourth-order valence-electron chi connectivity index (χ4n) is 1.80. The van der Waals surface area contributed by atoms with E-state index in [-0.39, 0.29) is 0 Å². The molecule has 0 atom stereocenters. The maximum Gasteiger partial charge on any atom is 0.160 e. The first-order valence-corrected chi connectivity index (χ1v) is 5.00. The van der Waals surface area contributed by atoms with E-state index in [1.807, 2.05) is 38.1 Å². The summed E-state index contributed by atoms with van der Waals surface area (Å²) in [6.45, 7) is 3.78. The van der Waals surface area contributed by atoms with Gasteiger partial charge < -0.3 is 4.42 Å². The van der Waals surface area contributed by atoms with Crippen molar-refractivity contribution in [3.05, 3.63) is 35.9 Å². The van der Waals surface area contributed by atoms with Crippen LogP contribution in [0, 0.1) is 13.8 Å². The largest absolute Gasteiger partial charge is 0.459 e. The molecule has 0 bridgehead atoms. The number of fused-ring (bicyclic) bond motifs is 1. The first kappa shape index (κ1) is 9.08. The van der Waals surface area contributed by atoms with E-state index in [4.69, 9.17) is 4.42 Å². The summed E-state index contributed by atoms with van der Waals surface area (Å²) in [6, 6.07) is 7.91. The number of para-hydroxylation sites is 1. The summed E-state index contributed by atoms with van der Waals surface area (Å²) >= 11 is 0. The number of nitrogens with zero attached hydrogens (tertiary/aromatic N) is 4. The van der Waals surface area contributed by atoms with Crippen LogP contribution in [0.1, 0.15) is 11.6 Å². The third-order valence-corrected chi connectivity index (χ3v) is 2.50. The number of tetrazole rings is 1. The molecule has 0 N–H and O–H groups in total. The highest BCUT2D eigenvalue weighted by Gasteiger charge is 2.10. The topological polar surface area (TPSA) is 56.7 Å². The maximum absolute atomic E-state index is 5.66. The first-order valence-electron chi connectivity index (χ1n) is 5.00. The summed E-state index contributed by atoms with van der Waals surface area (Å²) in [5, 5.41) is 12.5. The van der Waals surface area contributed by atoms with Crippen LogP contribution >= 0.6 is 0 Å². The molecule has 16 heavy (non-hydrogen) atoms. The standard InChI is InChI=1S/C11H10N4O/c1-7-6-9-4-3-5-10(11(9)16-7)15-8(2)12-13-14-15/h3-6H,1-2H3. The maximum atomic E-state index is 5.66. The Balaban J connectivity index is 2.35. The molecule has 0 unspecified atom stereocenters. The molecule has 2 aromatic heterocycles. The van der Waals surface area contributed by atoms with Crippen molar-refractivity contribution in [1.82, 2.24) is 20.2 Å². The van der Waals surface area contributed by atoms with Gasteiger partial charge in [0.2, 0.25) is 0 Å². The van der Waals surface area contributed by atoms with Crippen LogP contribution in [0.5, 0.6) is 0 Å². The third kappa shape index (κ3) is 1.21. The summed E-state index contributed by atoms with van der Waals surface area (Å²) in [5.74, 6) is 1.62. The van der Waals surface area contributed by atoms with Crippen molar-refractivity contribution < 1.29 is 4.42 Å². The summed E-state index contributed by atoms with van der Waals surface area (Å²) in [4.78, 5) is 0. The van der Waals surface area contributed by atoms with Gasteiger partial charge in [0, 0.05) is 5.39 Å². The van der Waals surface area contributed by atoms with E-state index >= 15 is 0 Å². The van der Waals surface area contributed by atoms with Gasteiger partial charge in [-0.25, -0.2) is 0 Å². The number of benzene rings is 1. The van der Waals surface area contributed by atoms with Crippen molar-refractivity contribution in [2.75, 3.05) is 0 Å². The smallest absolute Gasteiger partial charge is 0.160 e. The zero-order valence-corrected chi connectivity index (χ0v) is 9.01. The van der Waals surface area contributed by atoms with Crippen LogP contribution in [0.15, 0.2) is 28.7 Å². The van der Waals surface area contributed by atoms with Gasteiger partial charge in [-0.1, -0.05) is 12.1 Å². The van der Waals surface area contributed by atoms with Gasteiger partial charge in [-0.05, 0) is 36.4 Å². The average Bonchev–Trinajstić information content (AvgIpc) is 2.82. The molecule has 5 nitrogen and oxygen atoms in total. The van der Waals surface area contributed by atoms with E-state index in [9.17, 15) is 0 Å². The van der Waals surface area contributed by atoms with E-state index in [0.29, 0.717) is 0 Å². The van der Waals surface area contributed by atoms with Crippen molar-refractivity contribution in [1.29, 1.82) is 0 Å². The molecule has 0 saturated heterocycles. The van der Waals surface area contributed by atoms with Gasteiger partial charge in [0.05, 0.1) is 0 Å². The minimum atomic E-state index is 0.738. The van der Waals surface area contributed by atoms with E-state index in [2.05, 4.69) is 15.5 Å². The van der Waals surface area contributed by atoms with E-state index in [0.717, 1.165) is 28.2 Å². The normalized spacial score (nSPS) is 11.1. The average molecular weight is 214 g/mol. The molecule has 5 heteroatoms. The number of aromatic nitrogens is 4. The zero-order chi connectivity index (χ0) is 11.1. The Bertz CT molecular complexity index is 653. The summed E-state index contributed by atoms with van der Waals surface area (Å²) < 4.78 is 7.33. The SMILES string of the molecule is Cc1cc2cccc(-n3nnnc3C)c2o1. The first-order chi connectivity index (χ1) is 7.75. The number of hydrogen-bond donors (Lipinski definition) is 0. The second kappa shape index (κ2) is 3.16. The fourth-order valence-corrected chi connectivity index (χ4v) is 1.80. The Morgan fingerprint density at radius 1 is 1.25 bits per heavy atom. The lowest BCUT2D eigenvalue weighted by atomic mass is 10.2. The lowest BCUT2D eigenvalue weighted by Crippen LogP contribution is -1.99. The van der Waals surface area contributed by atoms with Crippen molar-refractivity contribution in [2.45, 2.75) is 13.8 Å². The molecular weight excluding hydrogens is 204 g/mol. The Morgan fingerprint density at radius 3 is 2.88 bits per heavy atom. The van der Waals surface area contributed by atoms with Crippen molar-refractivity contribution in [3.63, 3.8) is 0 Å². The van der Waals surface area contributed by atoms with Crippen molar-refractivity contribution >= 4 is 11.0 Å². The van der Waals surface area contributed by atoms with Crippen LogP contribution in [0.2, 0.25) is 0 Å². The highest BCUT2D eigenvalue weighted by atomic mass is 16.3. The molecule has 0 aliphatic rings. The molecule has 0 fully saturated rings. The van der Waals surface area contributed by atoms with Crippen LogP contribution in [-0.2, 0) is 0 Å². The van der Waals surface area contributed by atoms with E-state index in [1.165, 1.54) is 0 Å². The zero-order valence-electron chi connectivity index (χ0n) is 9.01. The quantitative estimate of drug-likeness (QED) is 0.621. The van der Waals surface area contributed by atoms with Crippen LogP contribution in [0.3, 0.4) is 0 Å². The van der Waals surface area contributed by atoms with Crippen LogP contribution in [-0.4, -0.2) is 20.2 Å². The van der Waals surface area contributed by atoms with Crippen LogP contribution in [0.25, 0.3) is 16.7 Å². The fraction of sp³-hybridized carbons (Fsp3) is 0.182. The van der Waals surface area contributed by atoms with E-state index < -0.39 is 0 Å². The Morgan fingerprint density at radius 2 is 2.12 bits per heavy atom. The molecule has 0 radical (unpaired) electrons. The molecular formula is C11H10N4O. The molecule has 0 aliphatic carbocycles. The van der Waals surface area contributed by atoms with Gasteiger partial charge in [0.25, 0.3) is 0 Å². The van der Waals surface area contributed by atoms with Gasteiger partial charge in [0.15, 0.2) is 11.4 Å². The van der Waals surface area contributed by atoms with Gasteiger partial charge in [-0.15, -0.1) is 5.10 Å². The molecule has 1 aromatic carbocycles. The molecule has 80 valence electrons. The lowest BCUT2D eigenvalue weighted by molar-refractivity contribution is 0.574. The number of furan rings is 1. The minimum Gasteiger partial charge on any atom is -0.459 e. The monoisotopic (exact) mass is 214 g/mol. The van der Waals surface area contributed by atoms with Gasteiger partial charge in [0.1, 0.15) is 11.4 Å². The molecule has 2 heterocycles. The van der Waals surface area contributed by atoms with Crippen LogP contribution < -0.4 is 0 Å². The summed E-state index contributed by atoms with van der Waals surface area (Å²) in [7, 11) is 0. The predicted molar refractivity (Wildman–Crippen MR) is 58.4 cm³/mol. The Kier molecular flexibility index (Phi) is 1.80. The van der Waals surface area contributed by atoms with Gasteiger partial charge >= 0.3 is 0 Å². The summed E-state index contributed by atoms with van der Waals surface area (Å²) in [6.07, 6.45) is 0. The van der Waals surface area contributed by atoms with Gasteiger partial charge in [-0.2, -0.15) is 4.68 Å². The molecule has 0 aliphatic heterocycles. The third-order valence-electron chi connectivity index (χ3n) is 2.50. The predicted octanol–water partition coefficient (Wildman–Crippen LogP) is 2.03. The van der Waals surface area contributed by atoms with Gasteiger partial charge in [-0.3, -0.25) is 0 Å². The number of hydrogen-bond acceptors (Lipinski definition) is 4. The number of rotatable bonds is 1. The minimum absolute atomic E-state index is 0.738. The second-order valence-electron chi connectivity index (χ2n) is 3.69. The van der Waals surface area contributed by atoms with Crippen LogP contribution in [0.4, 0.5) is 0 Å². The van der Waals surface area contributed by atoms with Crippen molar-refractivity contribution in [2.24, 2.45) is 0 Å². The molecule has 0 amide bonds. The molecule has 0 spiro atoms. The summed E-state index contributed by atoms with van der Waals surface area (Å²) in [5.41, 5.74) is 1.68. The Hall–Kier alpha value is -2.17.